The van der Waals surface area contributed by atoms with Gasteiger partial charge in [-0.25, -0.2) is 4.79 Å². The van der Waals surface area contributed by atoms with E-state index in [9.17, 15) is 19.5 Å². The van der Waals surface area contributed by atoms with E-state index in [1.165, 1.54) is 25.7 Å². The van der Waals surface area contributed by atoms with Gasteiger partial charge in [-0.15, -0.1) is 0 Å². The van der Waals surface area contributed by atoms with Crippen LogP contribution in [0.3, 0.4) is 0 Å². The second-order valence-electron chi connectivity index (χ2n) is 14.4. The van der Waals surface area contributed by atoms with Crippen LogP contribution < -0.4 is 16.2 Å². The first-order valence-electron chi connectivity index (χ1n) is 16.7. The molecule has 9 heteroatoms. The van der Waals surface area contributed by atoms with Gasteiger partial charge in [0, 0.05) is 29.4 Å². The fourth-order valence-corrected chi connectivity index (χ4v) is 7.96. The molecule has 3 amide bonds. The summed E-state index contributed by atoms with van der Waals surface area (Å²) in [5.41, 5.74) is 4.19. The summed E-state index contributed by atoms with van der Waals surface area (Å²) < 4.78 is 11.8. The van der Waals surface area contributed by atoms with Gasteiger partial charge < -0.3 is 35.3 Å². The molecule has 2 aliphatic carbocycles. The number of amides is 3. The monoisotopic (exact) mass is 592 g/mol. The molecule has 42 heavy (non-hydrogen) atoms. The molecule has 1 heterocycles. The number of nitrogens with one attached hydrogen (secondary N) is 1. The van der Waals surface area contributed by atoms with Crippen molar-refractivity contribution in [3.63, 3.8) is 0 Å². The fourth-order valence-electron chi connectivity index (χ4n) is 7.96. The topological polar surface area (TPSA) is 134 Å². The second-order valence-corrected chi connectivity index (χ2v) is 14.4. The standard InChI is InChI=1S/C33H59N3O6/c1-6-7-8-9-10-13-18-32(19-14-11-15-20-32)36(29(34)40)33(21-16-12-17-22-33)25(28(38)39)23-35-27(37)26-30(2,3)24-41-31(4,5)42-26/h25-26H,6-24H2,1-5H3,(H2,34,40)(H,35,37)(H,38,39)/p-1. The van der Waals surface area contributed by atoms with E-state index in [1.54, 1.807) is 13.8 Å². The summed E-state index contributed by atoms with van der Waals surface area (Å²) in [6.45, 7) is 9.73. The van der Waals surface area contributed by atoms with Crippen molar-refractivity contribution in [3.8, 4) is 0 Å². The Kier molecular flexibility index (Phi) is 12.1. The molecular weight excluding hydrogens is 534 g/mol. The number of carboxylic acids is 1. The predicted molar refractivity (Wildman–Crippen MR) is 161 cm³/mol. The Morgan fingerprint density at radius 1 is 0.905 bits per heavy atom. The van der Waals surface area contributed by atoms with Crippen LogP contribution in [0.15, 0.2) is 0 Å². The molecule has 2 unspecified atom stereocenters. The Morgan fingerprint density at radius 3 is 2.05 bits per heavy atom. The smallest absolute Gasteiger partial charge is 0.315 e. The average Bonchev–Trinajstić information content (AvgIpc) is 2.93. The molecule has 2 atom stereocenters. The van der Waals surface area contributed by atoms with E-state index in [0.29, 0.717) is 19.4 Å². The molecule has 1 saturated heterocycles. The minimum atomic E-state index is -1.25. The van der Waals surface area contributed by atoms with Gasteiger partial charge in [-0.05, 0) is 46.0 Å². The van der Waals surface area contributed by atoms with Crippen LogP contribution in [0.25, 0.3) is 0 Å². The molecule has 242 valence electrons. The first kappa shape index (κ1) is 34.6. The molecule has 0 aromatic rings. The Morgan fingerprint density at radius 2 is 1.48 bits per heavy atom. The van der Waals surface area contributed by atoms with Crippen LogP contribution in [-0.4, -0.2) is 58.9 Å². The number of ether oxygens (including phenoxy) is 2. The van der Waals surface area contributed by atoms with Crippen molar-refractivity contribution in [1.82, 2.24) is 10.2 Å². The molecule has 1 aliphatic heterocycles. The van der Waals surface area contributed by atoms with Crippen LogP contribution in [0, 0.1) is 11.3 Å². The maximum atomic E-state index is 13.6. The third-order valence-electron chi connectivity index (χ3n) is 10.2. The molecule has 0 radical (unpaired) electrons. The zero-order chi connectivity index (χ0) is 31.0. The van der Waals surface area contributed by atoms with E-state index in [1.807, 2.05) is 18.7 Å². The van der Waals surface area contributed by atoms with Gasteiger partial charge in [0.2, 0.25) is 5.91 Å². The summed E-state index contributed by atoms with van der Waals surface area (Å²) in [5.74, 6) is -3.64. The summed E-state index contributed by atoms with van der Waals surface area (Å²) in [6.07, 6.45) is 15.3. The summed E-state index contributed by atoms with van der Waals surface area (Å²) in [5, 5.41) is 15.9. The molecule has 0 aromatic carbocycles. The number of carbonyl (C=O) groups excluding carboxylic acids is 3. The van der Waals surface area contributed by atoms with Crippen molar-refractivity contribution in [1.29, 1.82) is 0 Å². The number of rotatable bonds is 14. The molecule has 2 saturated carbocycles. The predicted octanol–water partition coefficient (Wildman–Crippen LogP) is 5.18. The van der Waals surface area contributed by atoms with Crippen LogP contribution in [0.5, 0.6) is 0 Å². The van der Waals surface area contributed by atoms with Gasteiger partial charge in [0.25, 0.3) is 0 Å². The van der Waals surface area contributed by atoms with Crippen molar-refractivity contribution in [3.05, 3.63) is 0 Å². The lowest BCUT2D eigenvalue weighted by atomic mass is 9.66. The van der Waals surface area contributed by atoms with Crippen molar-refractivity contribution >= 4 is 17.9 Å². The zero-order valence-electron chi connectivity index (χ0n) is 27.1. The normalized spacial score (nSPS) is 25.2. The van der Waals surface area contributed by atoms with Gasteiger partial charge in [-0.1, -0.05) is 97.8 Å². The van der Waals surface area contributed by atoms with Crippen LogP contribution in [0.1, 0.15) is 144 Å². The largest absolute Gasteiger partial charge is 0.550 e. The highest BCUT2D eigenvalue weighted by Gasteiger charge is 2.55. The van der Waals surface area contributed by atoms with E-state index in [0.717, 1.165) is 70.6 Å². The van der Waals surface area contributed by atoms with Gasteiger partial charge >= 0.3 is 6.03 Å². The quantitative estimate of drug-likeness (QED) is 0.267. The third kappa shape index (κ3) is 8.19. The summed E-state index contributed by atoms with van der Waals surface area (Å²) in [4.78, 5) is 41.9. The molecular formula is C33H58N3O6-. The van der Waals surface area contributed by atoms with Gasteiger partial charge in [0.1, 0.15) is 6.10 Å². The summed E-state index contributed by atoms with van der Waals surface area (Å²) in [6, 6.07) is -0.544. The number of carbonyl (C=O) groups is 3. The van der Waals surface area contributed by atoms with Gasteiger partial charge in [-0.2, -0.15) is 0 Å². The number of hydrogen-bond acceptors (Lipinski definition) is 6. The Balaban J connectivity index is 1.91. The van der Waals surface area contributed by atoms with Gasteiger partial charge in [0.15, 0.2) is 5.79 Å². The number of nitrogens with two attached hydrogens (primary N) is 1. The number of aliphatic carboxylic acids is 1. The van der Waals surface area contributed by atoms with Crippen LogP contribution in [-0.2, 0) is 19.1 Å². The van der Waals surface area contributed by atoms with E-state index in [4.69, 9.17) is 15.2 Å². The van der Waals surface area contributed by atoms with Crippen molar-refractivity contribution < 1.29 is 29.0 Å². The summed E-state index contributed by atoms with van der Waals surface area (Å²) >= 11 is 0. The summed E-state index contributed by atoms with van der Waals surface area (Å²) in [7, 11) is 0. The maximum Gasteiger partial charge on any atom is 0.315 e. The highest BCUT2D eigenvalue weighted by atomic mass is 16.7. The maximum absolute atomic E-state index is 13.6. The van der Waals surface area contributed by atoms with Crippen LogP contribution >= 0.6 is 0 Å². The number of carboxylic acid groups (broad SMARTS) is 1. The molecule has 3 aliphatic rings. The SMILES string of the molecule is CCCCCCCCC1(N(C(N)=O)C2(C(CNC(=O)C3OC(C)(C)OCC3(C)C)C(=O)[O-])CCCCC2)CCCCC1. The van der Waals surface area contributed by atoms with Crippen LogP contribution in [0.4, 0.5) is 4.79 Å². The van der Waals surface area contributed by atoms with Crippen LogP contribution in [0.2, 0.25) is 0 Å². The molecule has 0 spiro atoms. The van der Waals surface area contributed by atoms with E-state index < -0.39 is 46.3 Å². The first-order chi connectivity index (χ1) is 19.8. The van der Waals surface area contributed by atoms with Gasteiger partial charge in [-0.3, -0.25) is 4.79 Å². The number of urea groups is 1. The van der Waals surface area contributed by atoms with E-state index in [-0.39, 0.29) is 12.5 Å². The number of hydrogen-bond donors (Lipinski definition) is 2. The molecule has 9 nitrogen and oxygen atoms in total. The minimum absolute atomic E-state index is 0.144. The lowest BCUT2D eigenvalue weighted by Gasteiger charge is -2.59. The second kappa shape index (κ2) is 14.7. The lowest BCUT2D eigenvalue weighted by molar-refractivity contribution is -0.316. The van der Waals surface area contributed by atoms with Crippen molar-refractivity contribution in [2.45, 2.75) is 167 Å². The highest BCUT2D eigenvalue weighted by molar-refractivity contribution is 5.83. The zero-order valence-corrected chi connectivity index (χ0v) is 27.1. The lowest BCUT2D eigenvalue weighted by Crippen LogP contribution is -2.71. The Labute approximate surface area is 254 Å². The minimum Gasteiger partial charge on any atom is -0.550 e. The number of nitrogens with zero attached hydrogens (tertiary/aromatic N) is 1. The number of unbranched alkanes of at least 4 members (excludes halogenated alkanes) is 5. The Hall–Kier alpha value is -1.87. The third-order valence-corrected chi connectivity index (χ3v) is 10.2. The molecule has 3 rings (SSSR count). The van der Waals surface area contributed by atoms with E-state index >= 15 is 0 Å². The van der Waals surface area contributed by atoms with Gasteiger partial charge in [0.05, 0.1) is 12.1 Å². The Bertz CT molecular complexity index is 907. The molecule has 0 bridgehead atoms. The molecule has 0 aromatic heterocycles. The van der Waals surface area contributed by atoms with Crippen molar-refractivity contribution in [2.75, 3.05) is 13.2 Å². The average molecular weight is 593 g/mol. The van der Waals surface area contributed by atoms with Crippen molar-refractivity contribution in [2.24, 2.45) is 17.1 Å². The first-order valence-corrected chi connectivity index (χ1v) is 16.7. The number of primary amides is 1. The highest BCUT2D eigenvalue weighted by Crippen LogP contribution is 2.49. The van der Waals surface area contributed by atoms with E-state index in [2.05, 4.69) is 12.2 Å². The molecule has 3 fully saturated rings. The molecule has 3 N–H and O–H groups in total. The fraction of sp³-hybridized carbons (Fsp3) is 0.909.